The molecule has 0 aliphatic rings. The third-order valence-electron chi connectivity index (χ3n) is 2.10. The lowest BCUT2D eigenvalue weighted by Gasteiger charge is -2.08. The molecule has 100 valence electrons. The Morgan fingerprint density at radius 3 is 2.83 bits per heavy atom. The van der Waals surface area contributed by atoms with E-state index in [0.717, 1.165) is 12.1 Å². The van der Waals surface area contributed by atoms with Gasteiger partial charge in [-0.3, -0.25) is 4.79 Å². The van der Waals surface area contributed by atoms with Gasteiger partial charge >= 0.3 is 0 Å². The Kier molecular flexibility index (Phi) is 5.90. The first-order chi connectivity index (χ1) is 8.65. The van der Waals surface area contributed by atoms with Gasteiger partial charge in [-0.1, -0.05) is 6.92 Å². The van der Waals surface area contributed by atoms with Crippen molar-refractivity contribution in [1.82, 2.24) is 15.3 Å². The van der Waals surface area contributed by atoms with Crippen molar-refractivity contribution in [2.75, 3.05) is 25.0 Å². The minimum atomic E-state index is -0.0695. The van der Waals surface area contributed by atoms with Gasteiger partial charge in [0.05, 0.1) is 13.2 Å². The number of nitrogens with zero attached hydrogens (tertiary/aromatic N) is 2. The predicted molar refractivity (Wildman–Crippen MR) is 69.7 cm³/mol. The summed E-state index contributed by atoms with van der Waals surface area (Å²) in [5.41, 5.74) is 0.796. The molecule has 18 heavy (non-hydrogen) atoms. The highest BCUT2D eigenvalue weighted by Crippen LogP contribution is 2.11. The number of amides is 1. The maximum atomic E-state index is 11.4. The minimum absolute atomic E-state index is 0.0695. The SMILES string of the molecule is CCCNC(=O)CNc1nc(C)cc(OCC)n1. The molecule has 0 unspecified atom stereocenters. The van der Waals surface area contributed by atoms with Crippen LogP contribution in [0.5, 0.6) is 5.88 Å². The van der Waals surface area contributed by atoms with E-state index in [1.807, 2.05) is 20.8 Å². The molecule has 0 saturated carbocycles. The highest BCUT2D eigenvalue weighted by molar-refractivity contribution is 5.80. The Labute approximate surface area is 107 Å². The van der Waals surface area contributed by atoms with Gasteiger partial charge in [-0.15, -0.1) is 0 Å². The summed E-state index contributed by atoms with van der Waals surface area (Å²) in [4.78, 5) is 19.7. The second-order valence-electron chi connectivity index (χ2n) is 3.81. The first-order valence-corrected chi connectivity index (χ1v) is 6.14. The van der Waals surface area contributed by atoms with E-state index in [1.54, 1.807) is 6.07 Å². The van der Waals surface area contributed by atoms with E-state index < -0.39 is 0 Å². The van der Waals surface area contributed by atoms with Crippen LogP contribution in [0.25, 0.3) is 0 Å². The Balaban J connectivity index is 2.53. The second-order valence-corrected chi connectivity index (χ2v) is 3.81. The van der Waals surface area contributed by atoms with Crippen molar-refractivity contribution in [3.8, 4) is 5.88 Å². The average Bonchev–Trinajstić information content (AvgIpc) is 2.33. The van der Waals surface area contributed by atoms with Crippen molar-refractivity contribution in [3.63, 3.8) is 0 Å². The fourth-order valence-corrected chi connectivity index (χ4v) is 1.33. The third-order valence-corrected chi connectivity index (χ3v) is 2.10. The van der Waals surface area contributed by atoms with Crippen LogP contribution in [0.15, 0.2) is 6.07 Å². The van der Waals surface area contributed by atoms with Crippen LogP contribution in [0.2, 0.25) is 0 Å². The quantitative estimate of drug-likeness (QED) is 0.760. The summed E-state index contributed by atoms with van der Waals surface area (Å²) in [7, 11) is 0. The molecule has 0 atom stereocenters. The number of anilines is 1. The molecule has 0 bridgehead atoms. The van der Waals surface area contributed by atoms with Crippen molar-refractivity contribution < 1.29 is 9.53 Å². The molecule has 0 aliphatic heterocycles. The van der Waals surface area contributed by atoms with Crippen molar-refractivity contribution in [3.05, 3.63) is 11.8 Å². The number of aromatic nitrogens is 2. The lowest BCUT2D eigenvalue weighted by molar-refractivity contribution is -0.119. The smallest absolute Gasteiger partial charge is 0.239 e. The van der Waals surface area contributed by atoms with Crippen LogP contribution >= 0.6 is 0 Å². The predicted octanol–water partition coefficient (Wildman–Crippen LogP) is 1.12. The molecule has 6 nitrogen and oxygen atoms in total. The van der Waals surface area contributed by atoms with E-state index in [0.29, 0.717) is 25.0 Å². The summed E-state index contributed by atoms with van der Waals surface area (Å²) in [6.45, 7) is 7.14. The van der Waals surface area contributed by atoms with Gasteiger partial charge in [0, 0.05) is 18.3 Å². The van der Waals surface area contributed by atoms with E-state index in [-0.39, 0.29) is 12.5 Å². The number of ether oxygens (including phenoxy) is 1. The zero-order chi connectivity index (χ0) is 13.4. The molecule has 2 N–H and O–H groups in total. The summed E-state index contributed by atoms with van der Waals surface area (Å²) in [5.74, 6) is 0.853. The molecule has 6 heteroatoms. The Hall–Kier alpha value is -1.85. The normalized spacial score (nSPS) is 9.94. The Morgan fingerprint density at radius 2 is 2.17 bits per heavy atom. The van der Waals surface area contributed by atoms with Gasteiger partial charge in [0.25, 0.3) is 0 Å². The number of aryl methyl sites for hydroxylation is 1. The molecule has 0 radical (unpaired) electrons. The van der Waals surface area contributed by atoms with Gasteiger partial charge in [-0.2, -0.15) is 4.98 Å². The molecule has 0 aliphatic carbocycles. The van der Waals surface area contributed by atoms with Crippen LogP contribution in [0.1, 0.15) is 26.0 Å². The van der Waals surface area contributed by atoms with E-state index in [1.165, 1.54) is 0 Å². The lowest BCUT2D eigenvalue weighted by Crippen LogP contribution is -2.30. The fourth-order valence-electron chi connectivity index (χ4n) is 1.33. The molecule has 1 rings (SSSR count). The zero-order valence-electron chi connectivity index (χ0n) is 11.1. The van der Waals surface area contributed by atoms with Gasteiger partial charge in [0.1, 0.15) is 0 Å². The topological polar surface area (TPSA) is 76.1 Å². The molecule has 1 amide bonds. The van der Waals surface area contributed by atoms with Gasteiger partial charge in [-0.05, 0) is 20.3 Å². The van der Waals surface area contributed by atoms with Crippen molar-refractivity contribution in [2.45, 2.75) is 27.2 Å². The third kappa shape index (κ3) is 4.99. The number of hydrogen-bond acceptors (Lipinski definition) is 5. The van der Waals surface area contributed by atoms with Crippen LogP contribution in [0.4, 0.5) is 5.95 Å². The monoisotopic (exact) mass is 252 g/mol. The minimum Gasteiger partial charge on any atom is -0.478 e. The first-order valence-electron chi connectivity index (χ1n) is 6.14. The molecule has 1 aromatic heterocycles. The van der Waals surface area contributed by atoms with Crippen LogP contribution in [-0.2, 0) is 4.79 Å². The number of hydrogen-bond donors (Lipinski definition) is 2. The molecule has 0 spiro atoms. The second kappa shape index (κ2) is 7.47. The highest BCUT2D eigenvalue weighted by atomic mass is 16.5. The van der Waals surface area contributed by atoms with Crippen LogP contribution in [-0.4, -0.2) is 35.6 Å². The largest absolute Gasteiger partial charge is 0.478 e. The molecule has 0 aromatic carbocycles. The molecular weight excluding hydrogens is 232 g/mol. The fraction of sp³-hybridized carbons (Fsp3) is 0.583. The Morgan fingerprint density at radius 1 is 1.39 bits per heavy atom. The molecule has 1 heterocycles. The van der Waals surface area contributed by atoms with Crippen molar-refractivity contribution >= 4 is 11.9 Å². The number of carbonyl (C=O) groups is 1. The number of nitrogens with one attached hydrogen (secondary N) is 2. The van der Waals surface area contributed by atoms with Crippen molar-refractivity contribution in [2.24, 2.45) is 0 Å². The van der Waals surface area contributed by atoms with Crippen molar-refractivity contribution in [1.29, 1.82) is 0 Å². The van der Waals surface area contributed by atoms with E-state index >= 15 is 0 Å². The van der Waals surface area contributed by atoms with Gasteiger partial charge in [0.2, 0.25) is 17.7 Å². The average molecular weight is 252 g/mol. The van der Waals surface area contributed by atoms with E-state index in [2.05, 4.69) is 20.6 Å². The zero-order valence-corrected chi connectivity index (χ0v) is 11.1. The number of rotatable bonds is 7. The van der Waals surface area contributed by atoms with Crippen LogP contribution in [0, 0.1) is 6.92 Å². The van der Waals surface area contributed by atoms with Gasteiger partial charge in [0.15, 0.2) is 0 Å². The molecular formula is C12H20N4O2. The molecule has 0 fully saturated rings. The first kappa shape index (κ1) is 14.2. The van der Waals surface area contributed by atoms with E-state index in [4.69, 9.17) is 4.74 Å². The van der Waals surface area contributed by atoms with Crippen LogP contribution < -0.4 is 15.4 Å². The molecule has 0 saturated heterocycles. The van der Waals surface area contributed by atoms with Gasteiger partial charge < -0.3 is 15.4 Å². The number of carbonyl (C=O) groups excluding carboxylic acids is 1. The summed E-state index contributed by atoms with van der Waals surface area (Å²) in [6, 6.07) is 1.76. The van der Waals surface area contributed by atoms with Crippen LogP contribution in [0.3, 0.4) is 0 Å². The molecule has 1 aromatic rings. The maximum absolute atomic E-state index is 11.4. The maximum Gasteiger partial charge on any atom is 0.239 e. The highest BCUT2D eigenvalue weighted by Gasteiger charge is 2.05. The lowest BCUT2D eigenvalue weighted by atomic mass is 10.4. The standard InChI is InChI=1S/C12H20N4O2/c1-4-6-13-10(17)8-14-12-15-9(3)7-11(16-12)18-5-2/h7H,4-6,8H2,1-3H3,(H,13,17)(H,14,15,16). The summed E-state index contributed by atoms with van der Waals surface area (Å²) < 4.78 is 5.31. The Bertz CT molecular complexity index is 396. The summed E-state index contributed by atoms with van der Waals surface area (Å²) in [6.07, 6.45) is 0.918. The van der Waals surface area contributed by atoms with E-state index in [9.17, 15) is 4.79 Å². The summed E-state index contributed by atoms with van der Waals surface area (Å²) >= 11 is 0. The van der Waals surface area contributed by atoms with Gasteiger partial charge in [-0.25, -0.2) is 4.98 Å². The summed E-state index contributed by atoms with van der Waals surface area (Å²) in [5, 5.41) is 5.65.